The van der Waals surface area contributed by atoms with Gasteiger partial charge in [-0.25, -0.2) is 0 Å². The summed E-state index contributed by atoms with van der Waals surface area (Å²) in [6.45, 7) is 0.578. The van der Waals surface area contributed by atoms with Gasteiger partial charge in [-0.1, -0.05) is 0 Å². The lowest BCUT2D eigenvalue weighted by atomic mass is 10.1. The Morgan fingerprint density at radius 1 is 1.35 bits per heavy atom. The van der Waals surface area contributed by atoms with E-state index in [2.05, 4.69) is 15.6 Å². The number of benzene rings is 1. The Morgan fingerprint density at radius 3 is 3.00 bits per heavy atom. The van der Waals surface area contributed by atoms with Crippen LogP contribution in [-0.2, 0) is 4.79 Å². The smallest absolute Gasteiger partial charge is 0.221 e. The molecule has 1 aliphatic carbocycles. The van der Waals surface area contributed by atoms with Crippen molar-refractivity contribution < 1.29 is 4.79 Å². The average molecular weight is 270 g/mol. The van der Waals surface area contributed by atoms with Crippen LogP contribution in [0.4, 0.5) is 11.4 Å². The van der Waals surface area contributed by atoms with Gasteiger partial charge in [-0.2, -0.15) is 0 Å². The van der Waals surface area contributed by atoms with Crippen LogP contribution >= 0.6 is 0 Å². The summed E-state index contributed by atoms with van der Waals surface area (Å²) < 4.78 is 0. The molecule has 0 aliphatic heterocycles. The monoisotopic (exact) mass is 270 g/mol. The molecule has 3 rings (SSSR count). The average Bonchev–Trinajstić information content (AvgIpc) is 3.25. The molecule has 0 radical (unpaired) electrons. The Morgan fingerprint density at radius 2 is 2.20 bits per heavy atom. The maximum Gasteiger partial charge on any atom is 0.221 e. The Bertz CT molecular complexity index is 637. The van der Waals surface area contributed by atoms with Crippen LogP contribution in [0.1, 0.15) is 19.3 Å². The molecule has 1 amide bonds. The molecule has 20 heavy (non-hydrogen) atoms. The van der Waals surface area contributed by atoms with E-state index in [1.165, 1.54) is 0 Å². The number of fused-ring (bicyclic) bond motifs is 1. The van der Waals surface area contributed by atoms with Crippen LogP contribution in [0.3, 0.4) is 0 Å². The predicted molar refractivity (Wildman–Crippen MR) is 80.4 cm³/mol. The number of nitrogens with one attached hydrogen (secondary N) is 2. The van der Waals surface area contributed by atoms with E-state index in [4.69, 9.17) is 5.73 Å². The molecule has 0 saturated heterocycles. The van der Waals surface area contributed by atoms with E-state index in [-0.39, 0.29) is 5.91 Å². The highest BCUT2D eigenvalue weighted by atomic mass is 16.1. The lowest BCUT2D eigenvalue weighted by molar-refractivity contribution is -0.120. The highest BCUT2D eigenvalue weighted by molar-refractivity contribution is 5.96. The molecule has 0 atom stereocenters. The number of rotatable bonds is 5. The summed E-state index contributed by atoms with van der Waals surface area (Å²) in [5.74, 6) is 0.0982. The molecule has 1 aliphatic rings. The fourth-order valence-corrected chi connectivity index (χ4v) is 2.17. The van der Waals surface area contributed by atoms with Gasteiger partial charge in [0.1, 0.15) is 0 Å². The van der Waals surface area contributed by atoms with Gasteiger partial charge in [-0.3, -0.25) is 9.78 Å². The van der Waals surface area contributed by atoms with Crippen molar-refractivity contribution in [2.24, 2.45) is 0 Å². The number of aromatic nitrogens is 1. The van der Waals surface area contributed by atoms with E-state index in [9.17, 15) is 4.79 Å². The molecule has 4 N–H and O–H groups in total. The third kappa shape index (κ3) is 2.82. The van der Waals surface area contributed by atoms with Crippen molar-refractivity contribution in [2.75, 3.05) is 17.6 Å². The molecule has 1 aromatic carbocycles. The topological polar surface area (TPSA) is 80.0 Å². The van der Waals surface area contributed by atoms with Gasteiger partial charge in [0, 0.05) is 30.6 Å². The van der Waals surface area contributed by atoms with E-state index in [0.29, 0.717) is 24.7 Å². The summed E-state index contributed by atoms with van der Waals surface area (Å²) in [4.78, 5) is 15.8. The Labute approximate surface area is 117 Å². The Hall–Kier alpha value is -2.30. The number of nitrogens with two attached hydrogens (primary N) is 1. The molecule has 0 bridgehead atoms. The molecule has 5 nitrogen and oxygen atoms in total. The lowest BCUT2D eigenvalue weighted by Crippen LogP contribution is -2.27. The number of pyridine rings is 1. The molecule has 2 aromatic rings. The van der Waals surface area contributed by atoms with Crippen LogP contribution in [0.25, 0.3) is 10.9 Å². The minimum Gasteiger partial charge on any atom is -0.397 e. The second kappa shape index (κ2) is 5.36. The molecule has 5 heteroatoms. The van der Waals surface area contributed by atoms with Crippen LogP contribution in [-0.4, -0.2) is 23.5 Å². The first-order valence-electron chi connectivity index (χ1n) is 6.90. The zero-order chi connectivity index (χ0) is 13.9. The summed E-state index contributed by atoms with van der Waals surface area (Å²) in [5, 5.41) is 7.11. The number of carbonyl (C=O) groups is 1. The highest BCUT2D eigenvalue weighted by Crippen LogP contribution is 2.27. The second-order valence-corrected chi connectivity index (χ2v) is 5.12. The molecule has 1 saturated carbocycles. The van der Waals surface area contributed by atoms with Crippen molar-refractivity contribution in [3.8, 4) is 0 Å². The van der Waals surface area contributed by atoms with Gasteiger partial charge < -0.3 is 16.4 Å². The number of anilines is 2. The number of nitrogens with zero attached hydrogens (tertiary/aromatic N) is 1. The summed E-state index contributed by atoms with van der Waals surface area (Å²) in [6.07, 6.45) is 4.44. The normalized spacial score (nSPS) is 14.2. The molecular formula is C15H18N4O. The SMILES string of the molecule is Nc1c(NCCC(=O)NC2CC2)ccc2ncccc12. The van der Waals surface area contributed by atoms with Gasteiger partial charge in [-0.15, -0.1) is 0 Å². The molecular weight excluding hydrogens is 252 g/mol. The van der Waals surface area contributed by atoms with Crippen molar-refractivity contribution in [2.45, 2.75) is 25.3 Å². The third-order valence-corrected chi connectivity index (χ3v) is 3.44. The van der Waals surface area contributed by atoms with Gasteiger partial charge in [0.2, 0.25) is 5.91 Å². The lowest BCUT2D eigenvalue weighted by Gasteiger charge is -2.11. The minimum atomic E-state index is 0.0982. The predicted octanol–water partition coefficient (Wildman–Crippen LogP) is 1.90. The third-order valence-electron chi connectivity index (χ3n) is 3.44. The number of amides is 1. The minimum absolute atomic E-state index is 0.0982. The molecule has 104 valence electrons. The van der Waals surface area contributed by atoms with Crippen molar-refractivity contribution in [1.29, 1.82) is 0 Å². The fraction of sp³-hybridized carbons (Fsp3) is 0.333. The number of carbonyl (C=O) groups excluding carboxylic acids is 1. The first-order chi connectivity index (χ1) is 9.74. The van der Waals surface area contributed by atoms with Gasteiger partial charge in [0.15, 0.2) is 0 Å². The fourth-order valence-electron chi connectivity index (χ4n) is 2.17. The van der Waals surface area contributed by atoms with E-state index in [0.717, 1.165) is 29.4 Å². The summed E-state index contributed by atoms with van der Waals surface area (Å²) in [7, 11) is 0. The van der Waals surface area contributed by atoms with Crippen LogP contribution in [0.2, 0.25) is 0 Å². The summed E-state index contributed by atoms with van der Waals surface area (Å²) in [5.41, 5.74) is 8.53. The number of hydrogen-bond donors (Lipinski definition) is 3. The second-order valence-electron chi connectivity index (χ2n) is 5.12. The summed E-state index contributed by atoms with van der Waals surface area (Å²) >= 11 is 0. The van der Waals surface area contributed by atoms with E-state index in [1.807, 2.05) is 24.3 Å². The van der Waals surface area contributed by atoms with E-state index < -0.39 is 0 Å². The van der Waals surface area contributed by atoms with Crippen molar-refractivity contribution in [1.82, 2.24) is 10.3 Å². The van der Waals surface area contributed by atoms with Crippen LogP contribution < -0.4 is 16.4 Å². The quantitative estimate of drug-likeness (QED) is 0.725. The van der Waals surface area contributed by atoms with Crippen LogP contribution in [0.5, 0.6) is 0 Å². The zero-order valence-electron chi connectivity index (χ0n) is 11.2. The van der Waals surface area contributed by atoms with Crippen molar-refractivity contribution in [3.63, 3.8) is 0 Å². The Balaban J connectivity index is 1.62. The van der Waals surface area contributed by atoms with Crippen LogP contribution in [0.15, 0.2) is 30.5 Å². The number of nitrogen functional groups attached to an aromatic ring is 1. The maximum absolute atomic E-state index is 11.6. The maximum atomic E-state index is 11.6. The number of hydrogen-bond acceptors (Lipinski definition) is 4. The molecule has 1 aromatic heterocycles. The van der Waals surface area contributed by atoms with Gasteiger partial charge in [0.05, 0.1) is 16.9 Å². The largest absolute Gasteiger partial charge is 0.397 e. The van der Waals surface area contributed by atoms with Gasteiger partial charge in [0.25, 0.3) is 0 Å². The van der Waals surface area contributed by atoms with Crippen LogP contribution in [0, 0.1) is 0 Å². The van der Waals surface area contributed by atoms with Gasteiger partial charge >= 0.3 is 0 Å². The molecule has 0 spiro atoms. The van der Waals surface area contributed by atoms with E-state index >= 15 is 0 Å². The molecule has 0 unspecified atom stereocenters. The van der Waals surface area contributed by atoms with Crippen molar-refractivity contribution in [3.05, 3.63) is 30.5 Å². The van der Waals surface area contributed by atoms with Gasteiger partial charge in [-0.05, 0) is 37.1 Å². The highest BCUT2D eigenvalue weighted by Gasteiger charge is 2.22. The first kappa shape index (κ1) is 12.7. The first-order valence-corrected chi connectivity index (χ1v) is 6.90. The molecule has 1 fully saturated rings. The molecule has 1 heterocycles. The standard InChI is InChI=1S/C15H18N4O/c16-15-11-2-1-8-17-12(11)5-6-13(15)18-9-7-14(20)19-10-3-4-10/h1-2,5-6,8,10,18H,3-4,7,9,16H2,(H,19,20). The summed E-state index contributed by atoms with van der Waals surface area (Å²) in [6, 6.07) is 8.06. The zero-order valence-corrected chi connectivity index (χ0v) is 11.2. The van der Waals surface area contributed by atoms with Crippen molar-refractivity contribution >= 4 is 28.2 Å². The Kier molecular flexibility index (Phi) is 3.41. The van der Waals surface area contributed by atoms with E-state index in [1.54, 1.807) is 6.20 Å².